The highest BCUT2D eigenvalue weighted by Crippen LogP contribution is 2.39. The Hall–Kier alpha value is -3.16. The molecule has 2 aromatic carbocycles. The molecular formula is C22H18ClN3O3S. The first kappa shape index (κ1) is 20.1. The van der Waals surface area contributed by atoms with Crippen LogP contribution in [0.3, 0.4) is 0 Å². The maximum atomic E-state index is 11.4. The molecule has 0 aliphatic heterocycles. The van der Waals surface area contributed by atoms with Gasteiger partial charge in [0, 0.05) is 17.0 Å². The fourth-order valence-electron chi connectivity index (χ4n) is 3.20. The first-order chi connectivity index (χ1) is 14.4. The molecule has 0 aliphatic rings. The number of hydrogen-bond donors (Lipinski definition) is 2. The number of nitrogens with one attached hydrogen (secondary N) is 1. The van der Waals surface area contributed by atoms with Crippen LogP contribution in [0, 0.1) is 13.8 Å². The summed E-state index contributed by atoms with van der Waals surface area (Å²) in [6.45, 7) is 4.16. The van der Waals surface area contributed by atoms with Crippen molar-refractivity contribution in [2.75, 3.05) is 12.4 Å². The van der Waals surface area contributed by atoms with E-state index in [0.717, 1.165) is 21.3 Å². The van der Waals surface area contributed by atoms with Crippen molar-refractivity contribution in [3.05, 3.63) is 63.8 Å². The van der Waals surface area contributed by atoms with Crippen molar-refractivity contribution in [3.8, 4) is 16.9 Å². The third-order valence-corrected chi connectivity index (χ3v) is 6.16. The van der Waals surface area contributed by atoms with E-state index < -0.39 is 5.97 Å². The quantitative estimate of drug-likeness (QED) is 0.392. The van der Waals surface area contributed by atoms with Crippen LogP contribution in [-0.4, -0.2) is 28.2 Å². The number of thiophene rings is 1. The van der Waals surface area contributed by atoms with Crippen LogP contribution in [0.1, 0.15) is 21.5 Å². The molecule has 2 N–H and O–H groups in total. The maximum Gasteiger partial charge on any atom is 0.339 e. The van der Waals surface area contributed by atoms with Crippen LogP contribution in [0.15, 0.2) is 42.0 Å². The number of aromatic nitrogens is 2. The highest BCUT2D eigenvalue weighted by molar-refractivity contribution is 7.17. The molecule has 30 heavy (non-hydrogen) atoms. The van der Waals surface area contributed by atoms with E-state index in [4.69, 9.17) is 16.3 Å². The maximum absolute atomic E-state index is 11.4. The Labute approximate surface area is 182 Å². The molecule has 4 aromatic rings. The zero-order valence-corrected chi connectivity index (χ0v) is 18.1. The van der Waals surface area contributed by atoms with Crippen LogP contribution in [0.25, 0.3) is 21.3 Å². The number of hydrogen-bond acceptors (Lipinski definition) is 6. The number of aryl methyl sites for hydroxylation is 2. The molecule has 0 saturated carbocycles. The molecule has 0 radical (unpaired) electrons. The summed E-state index contributed by atoms with van der Waals surface area (Å²) >= 11 is 7.89. The fourth-order valence-corrected chi connectivity index (χ4v) is 4.33. The van der Waals surface area contributed by atoms with Gasteiger partial charge < -0.3 is 15.2 Å². The van der Waals surface area contributed by atoms with Crippen molar-refractivity contribution in [3.63, 3.8) is 0 Å². The Morgan fingerprint density at radius 2 is 1.97 bits per heavy atom. The molecule has 6 nitrogen and oxygen atoms in total. The van der Waals surface area contributed by atoms with Crippen molar-refractivity contribution in [1.29, 1.82) is 0 Å². The average molecular weight is 440 g/mol. The molecule has 2 heterocycles. The summed E-state index contributed by atoms with van der Waals surface area (Å²) in [6, 6.07) is 9.24. The van der Waals surface area contributed by atoms with E-state index in [-0.39, 0.29) is 16.3 Å². The second-order valence-electron chi connectivity index (χ2n) is 6.81. The molecule has 0 atom stereocenters. The van der Waals surface area contributed by atoms with Gasteiger partial charge in [0.15, 0.2) is 0 Å². The molecule has 4 rings (SSSR count). The topological polar surface area (TPSA) is 84.3 Å². The van der Waals surface area contributed by atoms with E-state index >= 15 is 0 Å². The summed E-state index contributed by atoms with van der Waals surface area (Å²) in [5.74, 6) is -0.319. The van der Waals surface area contributed by atoms with Crippen LogP contribution < -0.4 is 10.1 Å². The Morgan fingerprint density at radius 1 is 1.17 bits per heavy atom. The molecule has 0 fully saturated rings. The second-order valence-corrected chi connectivity index (χ2v) is 8.08. The number of rotatable bonds is 5. The molecule has 152 valence electrons. The van der Waals surface area contributed by atoms with E-state index in [2.05, 4.69) is 52.7 Å². The van der Waals surface area contributed by atoms with Gasteiger partial charge in [0.2, 0.25) is 0 Å². The molecule has 2 aromatic heterocycles. The van der Waals surface area contributed by atoms with Crippen LogP contribution in [-0.2, 0) is 0 Å². The minimum atomic E-state index is -1.11. The van der Waals surface area contributed by atoms with Crippen molar-refractivity contribution in [1.82, 2.24) is 9.97 Å². The zero-order valence-electron chi connectivity index (χ0n) is 16.5. The number of fused-ring (bicyclic) bond motifs is 1. The summed E-state index contributed by atoms with van der Waals surface area (Å²) < 4.78 is 5.22. The van der Waals surface area contributed by atoms with Gasteiger partial charge >= 0.3 is 5.97 Å². The van der Waals surface area contributed by atoms with Gasteiger partial charge in [0.05, 0.1) is 23.2 Å². The number of methoxy groups -OCH3 is 1. The van der Waals surface area contributed by atoms with Crippen molar-refractivity contribution < 1.29 is 14.6 Å². The summed E-state index contributed by atoms with van der Waals surface area (Å²) in [5, 5.41) is 15.8. The number of carboxylic acid groups (broad SMARTS) is 1. The standard InChI is InChI=1S/C22H18ClN3O3S/c1-11-4-5-13(6-12(11)2)15-9-30-21-19(15)20(24-10-25-21)26-17-8-18(29-3)14(22(27)28)7-16(17)23/h4-10H,1-3H3,(H,27,28)(H,24,25,26). The Balaban J connectivity index is 1.84. The van der Waals surface area contributed by atoms with E-state index in [1.807, 2.05) is 0 Å². The monoisotopic (exact) mass is 439 g/mol. The Kier molecular flexibility index (Phi) is 5.32. The summed E-state index contributed by atoms with van der Waals surface area (Å²) in [7, 11) is 1.42. The minimum Gasteiger partial charge on any atom is -0.496 e. The highest BCUT2D eigenvalue weighted by atomic mass is 35.5. The number of anilines is 2. The number of carbonyl (C=O) groups is 1. The van der Waals surface area contributed by atoms with Crippen LogP contribution in [0.5, 0.6) is 5.75 Å². The lowest BCUT2D eigenvalue weighted by Gasteiger charge is -2.13. The Morgan fingerprint density at radius 3 is 2.67 bits per heavy atom. The highest BCUT2D eigenvalue weighted by Gasteiger charge is 2.18. The number of ether oxygens (including phenoxy) is 1. The fraction of sp³-hybridized carbons (Fsp3) is 0.136. The largest absolute Gasteiger partial charge is 0.496 e. The number of halogens is 1. The van der Waals surface area contributed by atoms with E-state index in [9.17, 15) is 9.90 Å². The summed E-state index contributed by atoms with van der Waals surface area (Å²) in [6.07, 6.45) is 1.49. The van der Waals surface area contributed by atoms with Gasteiger partial charge in [-0.2, -0.15) is 0 Å². The van der Waals surface area contributed by atoms with Crippen LogP contribution >= 0.6 is 22.9 Å². The lowest BCUT2D eigenvalue weighted by atomic mass is 10.0. The second kappa shape index (κ2) is 7.93. The molecular weight excluding hydrogens is 422 g/mol. The molecule has 0 amide bonds. The molecule has 0 spiro atoms. The van der Waals surface area contributed by atoms with Gasteiger partial charge in [-0.15, -0.1) is 11.3 Å². The number of aromatic carboxylic acids is 1. The van der Waals surface area contributed by atoms with Crippen LogP contribution in [0.2, 0.25) is 5.02 Å². The van der Waals surface area contributed by atoms with E-state index in [1.165, 1.54) is 42.0 Å². The van der Waals surface area contributed by atoms with Crippen LogP contribution in [0.4, 0.5) is 11.5 Å². The normalized spacial score (nSPS) is 10.9. The smallest absolute Gasteiger partial charge is 0.339 e. The van der Waals surface area contributed by atoms with Crippen molar-refractivity contribution in [2.45, 2.75) is 13.8 Å². The summed E-state index contributed by atoms with van der Waals surface area (Å²) in [4.78, 5) is 21.1. The molecule has 0 bridgehead atoms. The van der Waals surface area contributed by atoms with Gasteiger partial charge in [-0.3, -0.25) is 0 Å². The minimum absolute atomic E-state index is 0.00719. The third-order valence-electron chi connectivity index (χ3n) is 4.96. The lowest BCUT2D eigenvalue weighted by Crippen LogP contribution is -2.03. The first-order valence-electron chi connectivity index (χ1n) is 9.06. The van der Waals surface area contributed by atoms with Crippen molar-refractivity contribution in [2.24, 2.45) is 0 Å². The average Bonchev–Trinajstić information content (AvgIpc) is 3.16. The number of carboxylic acids is 1. The van der Waals surface area contributed by atoms with E-state index in [0.29, 0.717) is 11.5 Å². The number of benzene rings is 2. The van der Waals surface area contributed by atoms with Gasteiger partial charge in [0.25, 0.3) is 0 Å². The van der Waals surface area contributed by atoms with Gasteiger partial charge in [-0.25, -0.2) is 14.8 Å². The summed E-state index contributed by atoms with van der Waals surface area (Å²) in [5.41, 5.74) is 5.02. The molecule has 0 saturated heterocycles. The molecule has 8 heteroatoms. The zero-order chi connectivity index (χ0) is 21.4. The third kappa shape index (κ3) is 3.58. The first-order valence-corrected chi connectivity index (χ1v) is 10.3. The van der Waals surface area contributed by atoms with Gasteiger partial charge in [-0.05, 0) is 36.6 Å². The molecule has 0 unspecified atom stereocenters. The number of nitrogens with zero attached hydrogens (tertiary/aromatic N) is 2. The predicted octanol–water partition coefficient (Wildman–Crippen LogP) is 6.08. The van der Waals surface area contributed by atoms with Crippen molar-refractivity contribution >= 4 is 50.6 Å². The lowest BCUT2D eigenvalue weighted by molar-refractivity contribution is 0.0693. The predicted molar refractivity (Wildman–Crippen MR) is 121 cm³/mol. The van der Waals surface area contributed by atoms with Gasteiger partial charge in [0.1, 0.15) is 28.3 Å². The SMILES string of the molecule is COc1cc(Nc2ncnc3scc(-c4ccc(C)c(C)c4)c23)c(Cl)cc1C(=O)O. The Bertz CT molecular complexity index is 1290. The van der Waals surface area contributed by atoms with E-state index in [1.54, 1.807) is 6.07 Å². The molecule has 0 aliphatic carbocycles. The van der Waals surface area contributed by atoms with Gasteiger partial charge in [-0.1, -0.05) is 29.8 Å².